The van der Waals surface area contributed by atoms with Crippen molar-refractivity contribution in [3.63, 3.8) is 0 Å². The fourth-order valence-electron chi connectivity index (χ4n) is 0.619. The van der Waals surface area contributed by atoms with E-state index in [2.05, 4.69) is 0 Å². The zero-order valence-electron chi connectivity index (χ0n) is 8.18. The molecule has 1 unspecified atom stereocenters. The van der Waals surface area contributed by atoms with Crippen molar-refractivity contribution in [2.45, 2.75) is 20.8 Å². The molecule has 0 spiro atoms. The molecule has 0 aliphatic rings. The highest BCUT2D eigenvalue weighted by Gasteiger charge is 2.30. The molecule has 0 rings (SSSR count). The number of carboxylic acid groups (broad SMARTS) is 3. The molecule has 0 radical (unpaired) electrons. The summed E-state index contributed by atoms with van der Waals surface area (Å²) in [6.45, 7) is 5.19. The van der Waals surface area contributed by atoms with Crippen LogP contribution in [0.25, 0.3) is 0 Å². The Hall–Kier alpha value is -1.77. The van der Waals surface area contributed by atoms with Gasteiger partial charge in [0.1, 0.15) is 5.92 Å². The van der Waals surface area contributed by atoms with Crippen molar-refractivity contribution in [1.29, 1.82) is 5.26 Å². The Morgan fingerprint density at radius 2 is 1.50 bits per heavy atom. The topological polar surface area (TPSA) is 119 Å². The summed E-state index contributed by atoms with van der Waals surface area (Å²) in [7, 11) is 0. The van der Waals surface area contributed by atoms with Crippen LogP contribution in [0.1, 0.15) is 20.8 Å². The minimum absolute atomic E-state index is 0.472. The first kappa shape index (κ1) is 14.7. The second kappa shape index (κ2) is 5.80. The zero-order chi connectivity index (χ0) is 11.9. The molecule has 0 aromatic rings. The number of nitrogens with zero attached hydrogens (tertiary/aromatic N) is 1. The lowest BCUT2D eigenvalue weighted by Crippen LogP contribution is -2.26. The maximum Gasteiger partial charge on any atom is 0.503 e. The lowest BCUT2D eigenvalue weighted by molar-refractivity contribution is -0.142. The van der Waals surface area contributed by atoms with E-state index in [4.69, 9.17) is 25.4 Å². The quantitative estimate of drug-likeness (QED) is 0.593. The van der Waals surface area contributed by atoms with Crippen LogP contribution in [-0.2, 0) is 4.79 Å². The second-order valence-electron chi connectivity index (χ2n) is 3.55. The van der Waals surface area contributed by atoms with Crippen molar-refractivity contribution in [3.05, 3.63) is 0 Å². The molecular weight excluding hydrogens is 190 g/mol. The second-order valence-corrected chi connectivity index (χ2v) is 3.55. The average molecular weight is 203 g/mol. The minimum atomic E-state index is -1.83. The van der Waals surface area contributed by atoms with Gasteiger partial charge in [0.05, 0.1) is 6.07 Å². The lowest BCUT2D eigenvalue weighted by atomic mass is 9.82. The van der Waals surface area contributed by atoms with E-state index in [0.717, 1.165) is 0 Å². The minimum Gasteiger partial charge on any atom is -0.480 e. The van der Waals surface area contributed by atoms with E-state index in [1.54, 1.807) is 26.8 Å². The molecule has 0 aromatic heterocycles. The summed E-state index contributed by atoms with van der Waals surface area (Å²) in [6.07, 6.45) is -1.83. The van der Waals surface area contributed by atoms with Gasteiger partial charge in [-0.3, -0.25) is 4.79 Å². The van der Waals surface area contributed by atoms with Crippen LogP contribution >= 0.6 is 0 Å². The standard InChI is InChI=1S/C7H11NO2.CH2O3/c1-7(2,3)5(4-8)6(9)10;2-1(3)4/h5H,1-3H3,(H,9,10);(H2,2,3,4). The lowest BCUT2D eigenvalue weighted by Gasteiger charge is -2.20. The largest absolute Gasteiger partial charge is 0.503 e. The molecule has 6 nitrogen and oxygen atoms in total. The van der Waals surface area contributed by atoms with Gasteiger partial charge in [-0.2, -0.15) is 5.26 Å². The van der Waals surface area contributed by atoms with E-state index >= 15 is 0 Å². The van der Waals surface area contributed by atoms with Gasteiger partial charge in [0.15, 0.2) is 0 Å². The van der Waals surface area contributed by atoms with Crippen LogP contribution in [-0.4, -0.2) is 27.4 Å². The van der Waals surface area contributed by atoms with Gasteiger partial charge in [-0.05, 0) is 5.41 Å². The van der Waals surface area contributed by atoms with Crippen molar-refractivity contribution in [3.8, 4) is 6.07 Å². The first-order valence-corrected chi connectivity index (χ1v) is 3.67. The van der Waals surface area contributed by atoms with Gasteiger partial charge in [0.25, 0.3) is 0 Å². The third-order valence-electron chi connectivity index (χ3n) is 1.24. The highest BCUT2D eigenvalue weighted by Crippen LogP contribution is 2.24. The van der Waals surface area contributed by atoms with E-state index in [0.29, 0.717) is 0 Å². The molecule has 80 valence electrons. The SMILES string of the molecule is CC(C)(C)C(C#N)C(=O)O.O=C(O)O. The molecule has 6 heteroatoms. The van der Waals surface area contributed by atoms with Gasteiger partial charge in [-0.25, -0.2) is 4.79 Å². The van der Waals surface area contributed by atoms with Crippen LogP contribution in [0.3, 0.4) is 0 Å². The van der Waals surface area contributed by atoms with E-state index in [1.807, 2.05) is 0 Å². The summed E-state index contributed by atoms with van der Waals surface area (Å²) in [6, 6.07) is 1.74. The van der Waals surface area contributed by atoms with E-state index in [1.165, 1.54) is 0 Å². The normalized spacial score (nSPS) is 11.6. The molecule has 0 heterocycles. The van der Waals surface area contributed by atoms with E-state index in [9.17, 15) is 4.79 Å². The fraction of sp³-hybridized carbons (Fsp3) is 0.625. The molecule has 0 aromatic carbocycles. The monoisotopic (exact) mass is 203 g/mol. The maximum absolute atomic E-state index is 10.4. The van der Waals surface area contributed by atoms with Gasteiger partial charge in [0.2, 0.25) is 0 Å². The molecule has 0 saturated heterocycles. The zero-order valence-corrected chi connectivity index (χ0v) is 8.18. The van der Waals surface area contributed by atoms with Crippen molar-refractivity contribution >= 4 is 12.1 Å². The third-order valence-corrected chi connectivity index (χ3v) is 1.24. The van der Waals surface area contributed by atoms with E-state index in [-0.39, 0.29) is 0 Å². The van der Waals surface area contributed by atoms with Gasteiger partial charge in [-0.1, -0.05) is 20.8 Å². The smallest absolute Gasteiger partial charge is 0.480 e. The Kier molecular flexibility index (Phi) is 6.11. The maximum atomic E-state index is 10.4. The predicted octanol–water partition coefficient (Wildman–Crippen LogP) is 1.48. The molecule has 0 bridgehead atoms. The van der Waals surface area contributed by atoms with Crippen LogP contribution in [0, 0.1) is 22.7 Å². The van der Waals surface area contributed by atoms with Crippen LogP contribution in [0.4, 0.5) is 4.79 Å². The van der Waals surface area contributed by atoms with Crippen molar-refractivity contribution in [2.75, 3.05) is 0 Å². The predicted molar refractivity (Wildman–Crippen MR) is 46.8 cm³/mol. The molecular formula is C8H13NO5. The van der Waals surface area contributed by atoms with Crippen molar-refractivity contribution < 1.29 is 24.9 Å². The number of carbonyl (C=O) groups is 2. The van der Waals surface area contributed by atoms with Gasteiger partial charge >= 0.3 is 12.1 Å². The number of hydrogen-bond acceptors (Lipinski definition) is 3. The molecule has 0 aliphatic heterocycles. The summed E-state index contributed by atoms with van der Waals surface area (Å²) < 4.78 is 0. The summed E-state index contributed by atoms with van der Waals surface area (Å²) >= 11 is 0. The van der Waals surface area contributed by atoms with Crippen molar-refractivity contribution in [2.24, 2.45) is 11.3 Å². The highest BCUT2D eigenvalue weighted by atomic mass is 16.6. The Morgan fingerprint density at radius 1 is 1.21 bits per heavy atom. The Labute approximate surface area is 81.4 Å². The first-order chi connectivity index (χ1) is 6.12. The molecule has 14 heavy (non-hydrogen) atoms. The van der Waals surface area contributed by atoms with Crippen LogP contribution < -0.4 is 0 Å². The van der Waals surface area contributed by atoms with Gasteiger partial charge < -0.3 is 15.3 Å². The third kappa shape index (κ3) is 8.33. The molecule has 0 fully saturated rings. The average Bonchev–Trinajstić information content (AvgIpc) is 1.81. The number of nitriles is 1. The van der Waals surface area contributed by atoms with Crippen molar-refractivity contribution in [1.82, 2.24) is 0 Å². The first-order valence-electron chi connectivity index (χ1n) is 3.67. The Morgan fingerprint density at radius 3 is 1.50 bits per heavy atom. The number of aliphatic carboxylic acids is 1. The Bertz CT molecular complexity index is 243. The summed E-state index contributed by atoms with van der Waals surface area (Å²) in [4.78, 5) is 18.9. The molecule has 0 amide bonds. The van der Waals surface area contributed by atoms with Gasteiger partial charge in [-0.15, -0.1) is 0 Å². The summed E-state index contributed by atoms with van der Waals surface area (Å²) in [5.41, 5.74) is -0.472. The molecule has 0 saturated carbocycles. The number of hydrogen-bond donors (Lipinski definition) is 3. The number of rotatable bonds is 1. The number of carboxylic acids is 1. The van der Waals surface area contributed by atoms with Crippen LogP contribution in [0.15, 0.2) is 0 Å². The molecule has 3 N–H and O–H groups in total. The molecule has 0 aliphatic carbocycles. The highest BCUT2D eigenvalue weighted by molar-refractivity contribution is 5.73. The Balaban J connectivity index is 0. The van der Waals surface area contributed by atoms with Crippen LogP contribution in [0.5, 0.6) is 0 Å². The van der Waals surface area contributed by atoms with E-state index < -0.39 is 23.5 Å². The summed E-state index contributed by atoms with van der Waals surface area (Å²) in [5, 5.41) is 30.8. The molecule has 1 atom stereocenters. The van der Waals surface area contributed by atoms with Crippen LogP contribution in [0.2, 0.25) is 0 Å². The van der Waals surface area contributed by atoms with Gasteiger partial charge in [0, 0.05) is 0 Å². The summed E-state index contributed by atoms with van der Waals surface area (Å²) in [5.74, 6) is -1.96. The fourth-order valence-corrected chi connectivity index (χ4v) is 0.619.